The number of likely N-dealkylation sites (N-methyl/N-ethyl adjacent to an activating group) is 1. The SMILES string of the molecule is CNCC(=O)NCC(=O)NCc1c2c(nc3cc4c(cc13)OCO4)-c1cc3c(c(=O)n1C2)COC(=O)C3O. The number of carbonyl (C=O) groups excluding carboxylic acids is 3. The van der Waals surface area contributed by atoms with Gasteiger partial charge >= 0.3 is 5.97 Å². The molecule has 3 aromatic rings. The lowest BCUT2D eigenvalue weighted by Gasteiger charge is -2.21. The number of aliphatic hydroxyl groups excluding tert-OH is 1. The molecule has 0 spiro atoms. The van der Waals surface area contributed by atoms with Gasteiger partial charge in [0.1, 0.15) is 6.61 Å². The van der Waals surface area contributed by atoms with Crippen molar-refractivity contribution in [1.29, 1.82) is 0 Å². The summed E-state index contributed by atoms with van der Waals surface area (Å²) in [7, 11) is 1.63. The maximum absolute atomic E-state index is 13.3. The van der Waals surface area contributed by atoms with Crippen molar-refractivity contribution >= 4 is 28.7 Å². The lowest BCUT2D eigenvalue weighted by atomic mass is 9.98. The van der Waals surface area contributed by atoms with E-state index in [2.05, 4.69) is 16.0 Å². The zero-order valence-electron chi connectivity index (χ0n) is 20.3. The number of amides is 2. The molecule has 1 atom stereocenters. The first-order valence-electron chi connectivity index (χ1n) is 11.9. The van der Waals surface area contributed by atoms with Gasteiger partial charge in [-0.1, -0.05) is 0 Å². The van der Waals surface area contributed by atoms with Gasteiger partial charge in [-0.05, 0) is 24.7 Å². The zero-order valence-corrected chi connectivity index (χ0v) is 20.3. The van der Waals surface area contributed by atoms with Crippen LogP contribution in [0.2, 0.25) is 0 Å². The molecule has 0 saturated carbocycles. The van der Waals surface area contributed by atoms with Crippen LogP contribution in [0.4, 0.5) is 0 Å². The Bertz CT molecular complexity index is 1600. The summed E-state index contributed by atoms with van der Waals surface area (Å²) in [6, 6.07) is 5.11. The van der Waals surface area contributed by atoms with E-state index in [1.807, 2.05) is 0 Å². The van der Waals surface area contributed by atoms with Gasteiger partial charge in [-0.2, -0.15) is 0 Å². The number of pyridine rings is 2. The molecule has 3 aliphatic rings. The molecule has 5 heterocycles. The Labute approximate surface area is 214 Å². The summed E-state index contributed by atoms with van der Waals surface area (Å²) in [5.41, 5.74) is 2.94. The summed E-state index contributed by atoms with van der Waals surface area (Å²) >= 11 is 0. The van der Waals surface area contributed by atoms with Crippen LogP contribution in [-0.4, -0.2) is 59.4 Å². The lowest BCUT2D eigenvalue weighted by Crippen LogP contribution is -2.40. The van der Waals surface area contributed by atoms with Crippen molar-refractivity contribution in [2.45, 2.75) is 25.8 Å². The number of ether oxygens (including phenoxy) is 3. The van der Waals surface area contributed by atoms with E-state index in [9.17, 15) is 24.3 Å². The van der Waals surface area contributed by atoms with Crippen LogP contribution in [0.25, 0.3) is 22.3 Å². The molecule has 0 fully saturated rings. The molecule has 4 N–H and O–H groups in total. The third-order valence-electron chi connectivity index (χ3n) is 6.81. The minimum Gasteiger partial charge on any atom is -0.458 e. The molecular weight excluding hydrogens is 498 g/mol. The van der Waals surface area contributed by atoms with E-state index in [4.69, 9.17) is 19.2 Å². The number of aromatic nitrogens is 2. The van der Waals surface area contributed by atoms with Crippen molar-refractivity contribution < 1.29 is 33.7 Å². The third-order valence-corrected chi connectivity index (χ3v) is 6.81. The van der Waals surface area contributed by atoms with Crippen LogP contribution in [0.1, 0.15) is 28.4 Å². The molecule has 2 amide bonds. The predicted molar refractivity (Wildman–Crippen MR) is 130 cm³/mol. The number of aliphatic hydroxyl groups is 1. The van der Waals surface area contributed by atoms with Gasteiger partial charge in [0.15, 0.2) is 17.6 Å². The van der Waals surface area contributed by atoms with Crippen LogP contribution in [0.5, 0.6) is 11.5 Å². The van der Waals surface area contributed by atoms with Crippen LogP contribution in [-0.2, 0) is 38.8 Å². The molecule has 1 aromatic carbocycles. The molecule has 0 bridgehead atoms. The van der Waals surface area contributed by atoms with Gasteiger partial charge in [-0.25, -0.2) is 9.78 Å². The highest BCUT2D eigenvalue weighted by molar-refractivity contribution is 5.92. The third kappa shape index (κ3) is 3.83. The maximum atomic E-state index is 13.3. The smallest absolute Gasteiger partial charge is 0.340 e. The van der Waals surface area contributed by atoms with Gasteiger partial charge in [0.25, 0.3) is 5.56 Å². The quantitative estimate of drug-likeness (QED) is 0.236. The number of esters is 1. The van der Waals surface area contributed by atoms with Gasteiger partial charge in [0.2, 0.25) is 18.6 Å². The predicted octanol–water partition coefficient (Wildman–Crippen LogP) is -0.804. The topological polar surface area (TPSA) is 170 Å². The fourth-order valence-corrected chi connectivity index (χ4v) is 4.95. The van der Waals surface area contributed by atoms with E-state index in [1.54, 1.807) is 25.2 Å². The van der Waals surface area contributed by atoms with Gasteiger partial charge in [0, 0.05) is 29.1 Å². The van der Waals surface area contributed by atoms with Crippen molar-refractivity contribution in [3.63, 3.8) is 0 Å². The fraction of sp³-hybridized carbons (Fsp3) is 0.320. The first kappa shape index (κ1) is 23.9. The van der Waals surface area contributed by atoms with Crippen LogP contribution in [0.15, 0.2) is 23.0 Å². The highest BCUT2D eigenvalue weighted by Gasteiger charge is 2.35. The Morgan fingerprint density at radius 2 is 1.82 bits per heavy atom. The highest BCUT2D eigenvalue weighted by Crippen LogP contribution is 2.42. The lowest BCUT2D eigenvalue weighted by molar-refractivity contribution is -0.157. The molecule has 6 rings (SSSR count). The molecule has 3 aliphatic heterocycles. The molecule has 1 unspecified atom stereocenters. The highest BCUT2D eigenvalue weighted by atomic mass is 16.7. The zero-order chi connectivity index (χ0) is 26.6. The number of fused-ring (bicyclic) bond motifs is 6. The first-order chi connectivity index (χ1) is 18.4. The minimum atomic E-state index is -1.56. The number of cyclic esters (lactones) is 1. The van der Waals surface area contributed by atoms with Crippen LogP contribution in [0.3, 0.4) is 0 Å². The van der Waals surface area contributed by atoms with Gasteiger partial charge in [-0.3, -0.25) is 14.4 Å². The average Bonchev–Trinajstić information content (AvgIpc) is 3.51. The van der Waals surface area contributed by atoms with E-state index in [-0.39, 0.29) is 62.2 Å². The maximum Gasteiger partial charge on any atom is 0.340 e. The largest absolute Gasteiger partial charge is 0.458 e. The molecule has 2 aromatic heterocycles. The van der Waals surface area contributed by atoms with Crippen LogP contribution < -0.4 is 31.0 Å². The molecule has 0 saturated heterocycles. The fourth-order valence-electron chi connectivity index (χ4n) is 4.95. The Balaban J connectivity index is 1.42. The molecule has 0 aliphatic carbocycles. The van der Waals surface area contributed by atoms with E-state index in [0.717, 1.165) is 0 Å². The summed E-state index contributed by atoms with van der Waals surface area (Å²) in [5, 5.41) is 19.2. The summed E-state index contributed by atoms with van der Waals surface area (Å²) in [6.07, 6.45) is -1.56. The number of nitrogens with zero attached hydrogens (tertiary/aromatic N) is 2. The number of benzene rings is 1. The average molecular weight is 521 g/mol. The Kier molecular flexibility index (Phi) is 5.73. The second-order valence-electron chi connectivity index (χ2n) is 9.09. The van der Waals surface area contributed by atoms with Gasteiger partial charge in [-0.15, -0.1) is 0 Å². The summed E-state index contributed by atoms with van der Waals surface area (Å²) in [6.45, 7) is 0.000167. The van der Waals surface area contributed by atoms with Crippen molar-refractivity contribution in [3.05, 3.63) is 50.8 Å². The summed E-state index contributed by atoms with van der Waals surface area (Å²) in [5.74, 6) is -0.464. The Morgan fingerprint density at radius 3 is 2.61 bits per heavy atom. The van der Waals surface area contributed by atoms with E-state index in [1.165, 1.54) is 4.57 Å². The molecular formula is C25H23N5O8. The summed E-state index contributed by atoms with van der Waals surface area (Å²) in [4.78, 5) is 54.3. The van der Waals surface area contributed by atoms with Gasteiger partial charge in [0.05, 0.1) is 42.1 Å². The first-order valence-corrected chi connectivity index (χ1v) is 11.9. The number of nitrogens with one attached hydrogen (secondary N) is 3. The van der Waals surface area contributed by atoms with E-state index < -0.39 is 18.0 Å². The standard InChI is InChI=1S/C25H23N5O8/c1-26-6-20(31)28-7-21(32)27-5-13-11-3-18-19(38-10-37-18)4-16(11)29-22-14(13)8-30-17(22)2-12-15(24(30)34)9-36-25(35)23(12)33/h2-4,23,26,33H,5-10H2,1H3,(H,27,32)(H,28,31). The number of hydrogen-bond acceptors (Lipinski definition) is 10. The number of rotatable bonds is 6. The number of hydrogen-bond donors (Lipinski definition) is 4. The van der Waals surface area contributed by atoms with Gasteiger partial charge < -0.3 is 39.8 Å². The molecule has 13 nitrogen and oxygen atoms in total. The summed E-state index contributed by atoms with van der Waals surface area (Å²) < 4.78 is 17.5. The van der Waals surface area contributed by atoms with E-state index >= 15 is 0 Å². The molecule has 13 heteroatoms. The second-order valence-corrected chi connectivity index (χ2v) is 9.09. The second kappa shape index (κ2) is 9.11. The normalized spacial score (nSPS) is 16.5. The van der Waals surface area contributed by atoms with Crippen molar-refractivity contribution in [2.75, 3.05) is 26.9 Å². The molecule has 196 valence electrons. The molecule has 38 heavy (non-hydrogen) atoms. The molecule has 0 radical (unpaired) electrons. The van der Waals surface area contributed by atoms with Crippen molar-refractivity contribution in [2.24, 2.45) is 0 Å². The van der Waals surface area contributed by atoms with Crippen molar-refractivity contribution in [1.82, 2.24) is 25.5 Å². The van der Waals surface area contributed by atoms with Crippen molar-refractivity contribution in [3.8, 4) is 22.9 Å². The monoisotopic (exact) mass is 521 g/mol. The van der Waals surface area contributed by atoms with E-state index in [0.29, 0.717) is 44.9 Å². The van der Waals surface area contributed by atoms with Crippen LogP contribution >= 0.6 is 0 Å². The Hall–Kier alpha value is -4.49. The number of carbonyl (C=O) groups is 3. The van der Waals surface area contributed by atoms with Crippen LogP contribution in [0, 0.1) is 0 Å². The Morgan fingerprint density at radius 1 is 1.05 bits per heavy atom. The minimum absolute atomic E-state index is 0.0715.